The Morgan fingerprint density at radius 3 is 2.30 bits per heavy atom. The van der Waals surface area contributed by atoms with Gasteiger partial charge in [0.1, 0.15) is 5.78 Å². The predicted molar refractivity (Wildman–Crippen MR) is 81.4 cm³/mol. The lowest BCUT2D eigenvalue weighted by Crippen LogP contribution is -2.12. The van der Waals surface area contributed by atoms with Crippen LogP contribution in [0, 0.1) is 6.92 Å². The van der Waals surface area contributed by atoms with Gasteiger partial charge in [-0.05, 0) is 32.0 Å². The molecule has 0 aliphatic carbocycles. The average Bonchev–Trinajstić information content (AvgIpc) is 2.73. The Morgan fingerprint density at radius 1 is 1.20 bits per heavy atom. The van der Waals surface area contributed by atoms with E-state index < -0.39 is 0 Å². The summed E-state index contributed by atoms with van der Waals surface area (Å²) in [5.41, 5.74) is 4.15. The first kappa shape index (κ1) is 14.5. The van der Waals surface area contributed by atoms with Crippen LogP contribution < -0.4 is 0 Å². The Kier molecular flexibility index (Phi) is 3.80. The molecule has 0 amide bonds. The molecule has 0 radical (unpaired) electrons. The van der Waals surface area contributed by atoms with Crippen molar-refractivity contribution in [2.45, 2.75) is 46.5 Å². The quantitative estimate of drug-likeness (QED) is 0.854. The van der Waals surface area contributed by atoms with Crippen LogP contribution in [0.4, 0.5) is 0 Å². The van der Waals surface area contributed by atoms with E-state index in [2.05, 4.69) is 39.8 Å². The minimum absolute atomic E-state index is 0.0263. The van der Waals surface area contributed by atoms with Gasteiger partial charge in [-0.2, -0.15) is 5.10 Å². The Balaban J connectivity index is 2.52. The number of carbonyl (C=O) groups is 1. The summed E-state index contributed by atoms with van der Waals surface area (Å²) in [6.45, 7) is 10.1. The average molecular weight is 270 g/mol. The molecule has 2 rings (SSSR count). The third-order valence-corrected chi connectivity index (χ3v) is 3.26. The van der Waals surface area contributed by atoms with Gasteiger partial charge in [-0.15, -0.1) is 0 Å². The molecule has 0 aliphatic rings. The Hall–Kier alpha value is -1.90. The van der Waals surface area contributed by atoms with Crippen LogP contribution in [0.1, 0.15) is 44.6 Å². The van der Waals surface area contributed by atoms with Gasteiger partial charge in [0, 0.05) is 11.8 Å². The van der Waals surface area contributed by atoms with Crippen LogP contribution in [0.25, 0.3) is 5.69 Å². The number of rotatable bonds is 3. The zero-order valence-corrected chi connectivity index (χ0v) is 12.9. The number of nitrogens with zero attached hydrogens (tertiary/aromatic N) is 2. The molecule has 0 unspecified atom stereocenters. The summed E-state index contributed by atoms with van der Waals surface area (Å²) in [4.78, 5) is 11.5. The van der Waals surface area contributed by atoms with Gasteiger partial charge in [-0.3, -0.25) is 4.79 Å². The van der Waals surface area contributed by atoms with E-state index in [1.54, 1.807) is 6.92 Å². The second kappa shape index (κ2) is 5.23. The molecule has 0 saturated heterocycles. The normalized spacial score (nSPS) is 11.7. The maximum Gasteiger partial charge on any atom is 0.135 e. The number of hydrogen-bond acceptors (Lipinski definition) is 2. The third kappa shape index (κ3) is 3.16. The topological polar surface area (TPSA) is 34.9 Å². The highest BCUT2D eigenvalue weighted by molar-refractivity contribution is 5.78. The summed E-state index contributed by atoms with van der Waals surface area (Å²) in [5.74, 6) is 0.152. The summed E-state index contributed by atoms with van der Waals surface area (Å²) in [6, 6.07) is 10.2. The van der Waals surface area contributed by atoms with Gasteiger partial charge in [0.15, 0.2) is 0 Å². The fraction of sp³-hybridized carbons (Fsp3) is 0.412. The van der Waals surface area contributed by atoms with Crippen LogP contribution in [0.3, 0.4) is 0 Å². The van der Waals surface area contributed by atoms with Crippen molar-refractivity contribution in [1.82, 2.24) is 9.78 Å². The Morgan fingerprint density at radius 2 is 1.80 bits per heavy atom. The molecule has 1 aromatic heterocycles. The van der Waals surface area contributed by atoms with E-state index in [1.807, 2.05) is 22.9 Å². The van der Waals surface area contributed by atoms with E-state index in [1.165, 1.54) is 5.56 Å². The molecule has 0 N–H and O–H groups in total. The molecule has 0 bridgehead atoms. The molecule has 1 heterocycles. The summed E-state index contributed by atoms with van der Waals surface area (Å²) < 4.78 is 1.89. The maximum absolute atomic E-state index is 11.5. The van der Waals surface area contributed by atoms with Gasteiger partial charge in [0.2, 0.25) is 0 Å². The lowest BCUT2D eigenvalue weighted by Gasteiger charge is -2.14. The molecular weight excluding hydrogens is 248 g/mol. The molecule has 3 nitrogen and oxygen atoms in total. The highest BCUT2D eigenvalue weighted by atomic mass is 16.1. The van der Waals surface area contributed by atoms with Crippen molar-refractivity contribution in [2.24, 2.45) is 0 Å². The number of hydrogen-bond donors (Lipinski definition) is 0. The molecule has 0 aliphatic heterocycles. The molecular formula is C17H22N2O. The second-order valence-electron chi connectivity index (χ2n) is 6.40. The third-order valence-electron chi connectivity index (χ3n) is 3.26. The van der Waals surface area contributed by atoms with Crippen molar-refractivity contribution in [3.63, 3.8) is 0 Å². The van der Waals surface area contributed by atoms with Gasteiger partial charge < -0.3 is 0 Å². The molecule has 3 heteroatoms. The Bertz CT molecular complexity index is 615. The number of carbonyl (C=O) groups excluding carboxylic acids is 1. The van der Waals surface area contributed by atoms with Crippen LogP contribution in [0.2, 0.25) is 0 Å². The molecule has 1 aromatic carbocycles. The van der Waals surface area contributed by atoms with Crippen LogP contribution in [-0.2, 0) is 16.6 Å². The van der Waals surface area contributed by atoms with Crippen LogP contribution >= 0.6 is 0 Å². The van der Waals surface area contributed by atoms with E-state index in [0.29, 0.717) is 6.42 Å². The lowest BCUT2D eigenvalue weighted by molar-refractivity contribution is -0.116. The zero-order chi connectivity index (χ0) is 14.9. The first-order chi connectivity index (χ1) is 9.27. The zero-order valence-electron chi connectivity index (χ0n) is 12.9. The fourth-order valence-corrected chi connectivity index (χ4v) is 2.08. The van der Waals surface area contributed by atoms with Gasteiger partial charge in [-0.1, -0.05) is 38.5 Å². The van der Waals surface area contributed by atoms with E-state index >= 15 is 0 Å². The largest absolute Gasteiger partial charge is 0.300 e. The summed E-state index contributed by atoms with van der Waals surface area (Å²) in [5, 5.41) is 4.70. The molecule has 0 spiro atoms. The summed E-state index contributed by atoms with van der Waals surface area (Å²) in [7, 11) is 0. The number of aryl methyl sites for hydroxylation is 1. The van der Waals surface area contributed by atoms with Crippen molar-refractivity contribution in [2.75, 3.05) is 0 Å². The Labute approximate surface area is 120 Å². The predicted octanol–water partition coefficient (Wildman–Crippen LogP) is 3.61. The molecule has 0 saturated carbocycles. The first-order valence-corrected chi connectivity index (χ1v) is 6.93. The van der Waals surface area contributed by atoms with Crippen molar-refractivity contribution < 1.29 is 4.79 Å². The monoisotopic (exact) mass is 270 g/mol. The van der Waals surface area contributed by atoms with Gasteiger partial charge in [0.25, 0.3) is 0 Å². The van der Waals surface area contributed by atoms with Crippen LogP contribution in [0.15, 0.2) is 30.3 Å². The second-order valence-corrected chi connectivity index (χ2v) is 6.40. The van der Waals surface area contributed by atoms with E-state index in [-0.39, 0.29) is 11.2 Å². The minimum Gasteiger partial charge on any atom is -0.300 e. The van der Waals surface area contributed by atoms with Gasteiger partial charge in [-0.25, -0.2) is 4.68 Å². The van der Waals surface area contributed by atoms with Gasteiger partial charge >= 0.3 is 0 Å². The molecule has 0 atom stereocenters. The van der Waals surface area contributed by atoms with E-state index in [4.69, 9.17) is 5.10 Å². The number of Topliss-reactive ketones (excluding diaryl/α,β-unsaturated/α-hetero) is 1. The summed E-state index contributed by atoms with van der Waals surface area (Å²) >= 11 is 0. The lowest BCUT2D eigenvalue weighted by atomic mass is 9.92. The van der Waals surface area contributed by atoms with Crippen molar-refractivity contribution >= 4 is 5.78 Å². The summed E-state index contributed by atoms with van der Waals surface area (Å²) in [6.07, 6.45) is 0.414. The highest BCUT2D eigenvalue weighted by Gasteiger charge is 2.20. The molecule has 2 aromatic rings. The van der Waals surface area contributed by atoms with Crippen LogP contribution in [0.5, 0.6) is 0 Å². The van der Waals surface area contributed by atoms with E-state index in [9.17, 15) is 4.79 Å². The fourth-order valence-electron chi connectivity index (χ4n) is 2.08. The standard InChI is InChI=1S/C17H22N2O/c1-12-6-8-14(9-7-12)19-15(10-13(2)20)11-16(18-19)17(3,4)5/h6-9,11H,10H2,1-5H3. The minimum atomic E-state index is -0.0263. The number of aromatic nitrogens is 2. The van der Waals surface area contributed by atoms with Crippen molar-refractivity contribution in [3.8, 4) is 5.69 Å². The smallest absolute Gasteiger partial charge is 0.135 e. The number of benzene rings is 1. The van der Waals surface area contributed by atoms with Crippen LogP contribution in [-0.4, -0.2) is 15.6 Å². The molecule has 106 valence electrons. The molecule has 0 fully saturated rings. The molecule has 20 heavy (non-hydrogen) atoms. The number of ketones is 1. The van der Waals surface area contributed by atoms with Gasteiger partial charge in [0.05, 0.1) is 17.1 Å². The van der Waals surface area contributed by atoms with Crippen molar-refractivity contribution in [1.29, 1.82) is 0 Å². The first-order valence-electron chi connectivity index (χ1n) is 6.93. The maximum atomic E-state index is 11.5. The highest BCUT2D eigenvalue weighted by Crippen LogP contribution is 2.24. The van der Waals surface area contributed by atoms with E-state index in [0.717, 1.165) is 17.1 Å². The van der Waals surface area contributed by atoms with Crippen molar-refractivity contribution in [3.05, 3.63) is 47.3 Å². The SMILES string of the molecule is CC(=O)Cc1cc(C(C)(C)C)nn1-c1ccc(C)cc1.